The number of rotatable bonds is 4. The number of nitrogens with zero attached hydrogens (tertiary/aromatic N) is 1. The second-order valence-corrected chi connectivity index (χ2v) is 4.41. The van der Waals surface area contributed by atoms with E-state index in [9.17, 15) is 4.79 Å². The second kappa shape index (κ2) is 5.45. The molecule has 1 amide bonds. The number of amides is 1. The Balaban J connectivity index is 1.96. The Labute approximate surface area is 104 Å². The zero-order chi connectivity index (χ0) is 12.1. The van der Waals surface area contributed by atoms with Gasteiger partial charge in [-0.15, -0.1) is 11.3 Å². The van der Waals surface area contributed by atoms with Crippen LogP contribution in [0.15, 0.2) is 35.8 Å². The van der Waals surface area contributed by atoms with Crippen LogP contribution in [0.4, 0.5) is 5.69 Å². The van der Waals surface area contributed by atoms with E-state index in [2.05, 4.69) is 15.6 Å². The summed E-state index contributed by atoms with van der Waals surface area (Å²) in [5.41, 5.74) is 1.64. The number of anilines is 1. The fourth-order valence-electron chi connectivity index (χ4n) is 1.40. The van der Waals surface area contributed by atoms with Gasteiger partial charge in [0, 0.05) is 29.9 Å². The number of thiazole rings is 1. The van der Waals surface area contributed by atoms with Gasteiger partial charge in [0.2, 0.25) is 0 Å². The van der Waals surface area contributed by atoms with E-state index in [-0.39, 0.29) is 5.91 Å². The Hall–Kier alpha value is -1.88. The molecule has 0 aliphatic rings. The fourth-order valence-corrected chi connectivity index (χ4v) is 1.96. The monoisotopic (exact) mass is 247 g/mol. The first-order valence-electron chi connectivity index (χ1n) is 5.24. The SMILES string of the molecule is CNC(=O)c1ccc(NCc2nccs2)cc1. The number of hydrogen-bond acceptors (Lipinski definition) is 4. The van der Waals surface area contributed by atoms with Gasteiger partial charge in [0.05, 0.1) is 6.54 Å². The van der Waals surface area contributed by atoms with Crippen LogP contribution in [-0.4, -0.2) is 17.9 Å². The first-order valence-corrected chi connectivity index (χ1v) is 6.12. The van der Waals surface area contributed by atoms with Crippen molar-refractivity contribution >= 4 is 22.9 Å². The molecule has 0 aliphatic carbocycles. The lowest BCUT2D eigenvalue weighted by atomic mass is 10.2. The quantitative estimate of drug-likeness (QED) is 0.870. The number of hydrogen-bond donors (Lipinski definition) is 2. The molecule has 2 N–H and O–H groups in total. The normalized spacial score (nSPS) is 9.94. The van der Waals surface area contributed by atoms with Crippen molar-refractivity contribution in [2.24, 2.45) is 0 Å². The maximum absolute atomic E-state index is 11.3. The first kappa shape index (κ1) is 11.6. The van der Waals surface area contributed by atoms with Gasteiger partial charge in [0.15, 0.2) is 0 Å². The van der Waals surface area contributed by atoms with Crippen LogP contribution in [0.5, 0.6) is 0 Å². The summed E-state index contributed by atoms with van der Waals surface area (Å²) in [4.78, 5) is 15.5. The molecule has 0 atom stereocenters. The van der Waals surface area contributed by atoms with Crippen molar-refractivity contribution in [2.45, 2.75) is 6.54 Å². The van der Waals surface area contributed by atoms with E-state index in [4.69, 9.17) is 0 Å². The van der Waals surface area contributed by atoms with Gasteiger partial charge in [0.1, 0.15) is 5.01 Å². The van der Waals surface area contributed by atoms with E-state index in [1.165, 1.54) is 0 Å². The van der Waals surface area contributed by atoms with E-state index >= 15 is 0 Å². The predicted molar refractivity (Wildman–Crippen MR) is 69.3 cm³/mol. The molecule has 2 aromatic rings. The summed E-state index contributed by atoms with van der Waals surface area (Å²) in [6, 6.07) is 7.36. The third kappa shape index (κ3) is 3.04. The summed E-state index contributed by atoms with van der Waals surface area (Å²) < 4.78 is 0. The minimum Gasteiger partial charge on any atom is -0.379 e. The molecule has 0 bridgehead atoms. The van der Waals surface area contributed by atoms with Gasteiger partial charge in [-0.05, 0) is 24.3 Å². The highest BCUT2D eigenvalue weighted by Crippen LogP contribution is 2.12. The summed E-state index contributed by atoms with van der Waals surface area (Å²) in [7, 11) is 1.62. The zero-order valence-electron chi connectivity index (χ0n) is 9.43. The van der Waals surface area contributed by atoms with Crippen molar-refractivity contribution in [3.8, 4) is 0 Å². The number of aromatic nitrogens is 1. The Morgan fingerprint density at radius 2 is 2.12 bits per heavy atom. The van der Waals surface area contributed by atoms with Gasteiger partial charge in [-0.3, -0.25) is 4.79 Å². The van der Waals surface area contributed by atoms with E-state index < -0.39 is 0 Å². The summed E-state index contributed by atoms with van der Waals surface area (Å²) >= 11 is 1.62. The molecule has 1 aromatic heterocycles. The molecule has 17 heavy (non-hydrogen) atoms. The smallest absolute Gasteiger partial charge is 0.251 e. The number of carbonyl (C=O) groups is 1. The van der Waals surface area contributed by atoms with Crippen LogP contribution in [0.2, 0.25) is 0 Å². The van der Waals surface area contributed by atoms with E-state index in [0.717, 1.165) is 10.7 Å². The lowest BCUT2D eigenvalue weighted by Gasteiger charge is -2.05. The first-order chi connectivity index (χ1) is 8.29. The van der Waals surface area contributed by atoms with Gasteiger partial charge in [0.25, 0.3) is 5.91 Å². The molecule has 0 fully saturated rings. The highest BCUT2D eigenvalue weighted by Gasteiger charge is 2.02. The molecule has 0 aliphatic heterocycles. The third-order valence-electron chi connectivity index (χ3n) is 2.30. The number of carbonyl (C=O) groups excluding carboxylic acids is 1. The average molecular weight is 247 g/mol. The third-order valence-corrected chi connectivity index (χ3v) is 3.08. The molecule has 0 unspecified atom stereocenters. The standard InChI is InChI=1S/C12H13N3OS/c1-13-12(16)9-2-4-10(5-3-9)15-8-11-14-6-7-17-11/h2-7,15H,8H2,1H3,(H,13,16). The minimum absolute atomic E-state index is 0.0727. The maximum atomic E-state index is 11.3. The Kier molecular flexibility index (Phi) is 3.72. The molecule has 88 valence electrons. The van der Waals surface area contributed by atoms with Crippen LogP contribution >= 0.6 is 11.3 Å². The van der Waals surface area contributed by atoms with Gasteiger partial charge in [-0.1, -0.05) is 0 Å². The van der Waals surface area contributed by atoms with E-state index in [0.29, 0.717) is 12.1 Å². The van der Waals surface area contributed by atoms with Gasteiger partial charge in [-0.25, -0.2) is 4.98 Å². The molecule has 5 heteroatoms. The van der Waals surface area contributed by atoms with Crippen molar-refractivity contribution in [1.29, 1.82) is 0 Å². The summed E-state index contributed by atoms with van der Waals surface area (Å²) in [5, 5.41) is 8.83. The number of benzene rings is 1. The number of nitrogens with one attached hydrogen (secondary N) is 2. The van der Waals surface area contributed by atoms with Crippen LogP contribution in [0.3, 0.4) is 0 Å². The van der Waals surface area contributed by atoms with Crippen LogP contribution in [0.1, 0.15) is 15.4 Å². The molecular formula is C12H13N3OS. The Bertz CT molecular complexity index is 479. The van der Waals surface area contributed by atoms with Crippen molar-refractivity contribution in [3.63, 3.8) is 0 Å². The van der Waals surface area contributed by atoms with Gasteiger partial charge >= 0.3 is 0 Å². The van der Waals surface area contributed by atoms with Gasteiger partial charge in [-0.2, -0.15) is 0 Å². The highest BCUT2D eigenvalue weighted by atomic mass is 32.1. The van der Waals surface area contributed by atoms with Gasteiger partial charge < -0.3 is 10.6 Å². The van der Waals surface area contributed by atoms with Crippen molar-refractivity contribution in [2.75, 3.05) is 12.4 Å². The van der Waals surface area contributed by atoms with Crippen LogP contribution in [0.25, 0.3) is 0 Å². The minimum atomic E-state index is -0.0727. The molecule has 1 heterocycles. The van der Waals surface area contributed by atoms with Crippen molar-refractivity contribution in [1.82, 2.24) is 10.3 Å². The summed E-state index contributed by atoms with van der Waals surface area (Å²) in [5.74, 6) is -0.0727. The molecule has 4 nitrogen and oxygen atoms in total. The zero-order valence-corrected chi connectivity index (χ0v) is 10.3. The highest BCUT2D eigenvalue weighted by molar-refractivity contribution is 7.09. The van der Waals surface area contributed by atoms with Crippen molar-refractivity contribution in [3.05, 3.63) is 46.4 Å². The van der Waals surface area contributed by atoms with E-state index in [1.807, 2.05) is 17.5 Å². The molecule has 0 saturated carbocycles. The molecule has 0 spiro atoms. The molecule has 1 aromatic carbocycles. The molecule has 2 rings (SSSR count). The van der Waals surface area contributed by atoms with E-state index in [1.54, 1.807) is 36.7 Å². The van der Waals surface area contributed by atoms with Crippen LogP contribution in [0, 0.1) is 0 Å². The Morgan fingerprint density at radius 3 is 2.71 bits per heavy atom. The fraction of sp³-hybridized carbons (Fsp3) is 0.167. The predicted octanol–water partition coefficient (Wildman–Crippen LogP) is 2.11. The lowest BCUT2D eigenvalue weighted by Crippen LogP contribution is -2.17. The summed E-state index contributed by atoms with van der Waals surface area (Å²) in [6.45, 7) is 0.705. The van der Waals surface area contributed by atoms with Crippen molar-refractivity contribution < 1.29 is 4.79 Å². The second-order valence-electron chi connectivity index (χ2n) is 3.44. The maximum Gasteiger partial charge on any atom is 0.251 e. The topological polar surface area (TPSA) is 54.0 Å². The molecular weight excluding hydrogens is 234 g/mol. The Morgan fingerprint density at radius 1 is 1.35 bits per heavy atom. The molecule has 0 radical (unpaired) electrons. The largest absolute Gasteiger partial charge is 0.379 e. The van der Waals surface area contributed by atoms with Crippen LogP contribution < -0.4 is 10.6 Å². The van der Waals surface area contributed by atoms with Crippen LogP contribution in [-0.2, 0) is 6.54 Å². The average Bonchev–Trinajstić information content (AvgIpc) is 2.89. The lowest BCUT2D eigenvalue weighted by molar-refractivity contribution is 0.0963. The summed E-state index contributed by atoms with van der Waals surface area (Å²) in [6.07, 6.45) is 1.79. The molecule has 0 saturated heterocycles.